The number of hydrogen-bond acceptors (Lipinski definition) is 5. The first-order valence-corrected chi connectivity index (χ1v) is 8.08. The Labute approximate surface area is 127 Å². The van der Waals surface area contributed by atoms with E-state index in [-0.39, 0.29) is 0 Å². The fraction of sp³-hybridized carbons (Fsp3) is 0.500. The van der Waals surface area contributed by atoms with Gasteiger partial charge in [-0.25, -0.2) is 15.0 Å². The van der Waals surface area contributed by atoms with Crippen LogP contribution in [0.15, 0.2) is 5.38 Å². The summed E-state index contributed by atoms with van der Waals surface area (Å²) in [6, 6.07) is 0. The SMILES string of the molecule is Cc1csc(CCNc2nc(C3CC3)nc(Cl)c2C)n1. The number of nitrogens with zero attached hydrogens (tertiary/aromatic N) is 3. The van der Waals surface area contributed by atoms with E-state index in [1.165, 1.54) is 12.8 Å². The summed E-state index contributed by atoms with van der Waals surface area (Å²) >= 11 is 7.89. The van der Waals surface area contributed by atoms with Gasteiger partial charge in [0.05, 0.1) is 5.01 Å². The standard InChI is InChI=1S/C14H17ClN4S/c1-8-7-20-11(17-8)5-6-16-13-9(2)12(15)18-14(19-13)10-3-4-10/h7,10H,3-6H2,1-2H3,(H,16,18,19). The van der Waals surface area contributed by atoms with Crippen LogP contribution in [0, 0.1) is 13.8 Å². The molecular formula is C14H17ClN4S. The summed E-state index contributed by atoms with van der Waals surface area (Å²) in [4.78, 5) is 13.4. The van der Waals surface area contributed by atoms with Crippen LogP contribution in [0.4, 0.5) is 5.82 Å². The molecule has 3 rings (SSSR count). The van der Waals surface area contributed by atoms with Crippen molar-refractivity contribution in [2.24, 2.45) is 0 Å². The number of rotatable bonds is 5. The van der Waals surface area contributed by atoms with Crippen LogP contribution < -0.4 is 5.32 Å². The van der Waals surface area contributed by atoms with Crippen molar-refractivity contribution in [2.45, 2.75) is 39.0 Å². The average molecular weight is 309 g/mol. The first-order valence-electron chi connectivity index (χ1n) is 6.82. The van der Waals surface area contributed by atoms with Gasteiger partial charge in [-0.05, 0) is 26.7 Å². The largest absolute Gasteiger partial charge is 0.369 e. The van der Waals surface area contributed by atoms with Gasteiger partial charge in [-0.15, -0.1) is 11.3 Å². The maximum absolute atomic E-state index is 6.19. The van der Waals surface area contributed by atoms with Crippen molar-refractivity contribution < 1.29 is 0 Å². The average Bonchev–Trinajstić information content (AvgIpc) is 3.18. The fourth-order valence-electron chi connectivity index (χ4n) is 2.01. The number of aryl methyl sites for hydroxylation is 1. The Kier molecular flexibility index (Phi) is 3.89. The quantitative estimate of drug-likeness (QED) is 0.855. The molecule has 20 heavy (non-hydrogen) atoms. The highest BCUT2D eigenvalue weighted by Gasteiger charge is 2.27. The van der Waals surface area contributed by atoms with Gasteiger partial charge in [-0.1, -0.05) is 11.6 Å². The summed E-state index contributed by atoms with van der Waals surface area (Å²) in [6.45, 7) is 4.78. The maximum Gasteiger partial charge on any atom is 0.137 e. The molecule has 1 aliphatic rings. The van der Waals surface area contributed by atoms with Crippen molar-refractivity contribution >= 4 is 28.8 Å². The lowest BCUT2D eigenvalue weighted by Gasteiger charge is -2.10. The summed E-state index contributed by atoms with van der Waals surface area (Å²) in [7, 11) is 0. The minimum atomic E-state index is 0.510. The van der Waals surface area contributed by atoms with Crippen molar-refractivity contribution in [2.75, 3.05) is 11.9 Å². The number of aromatic nitrogens is 3. The minimum absolute atomic E-state index is 0.510. The molecule has 0 aliphatic heterocycles. The van der Waals surface area contributed by atoms with Gasteiger partial charge in [0.2, 0.25) is 0 Å². The fourth-order valence-corrected chi connectivity index (χ4v) is 2.96. The van der Waals surface area contributed by atoms with Gasteiger partial charge in [0, 0.05) is 35.5 Å². The third-order valence-corrected chi connectivity index (χ3v) is 4.74. The van der Waals surface area contributed by atoms with E-state index in [1.807, 2.05) is 13.8 Å². The van der Waals surface area contributed by atoms with Crippen LogP contribution in [-0.4, -0.2) is 21.5 Å². The first-order chi connectivity index (χ1) is 9.63. The predicted molar refractivity (Wildman–Crippen MR) is 82.8 cm³/mol. The van der Waals surface area contributed by atoms with Crippen LogP contribution in [-0.2, 0) is 6.42 Å². The smallest absolute Gasteiger partial charge is 0.137 e. The van der Waals surface area contributed by atoms with Gasteiger partial charge in [0.1, 0.15) is 16.8 Å². The Hall–Kier alpha value is -1.20. The molecule has 1 fully saturated rings. The summed E-state index contributed by atoms with van der Waals surface area (Å²) in [5.41, 5.74) is 2.01. The third-order valence-electron chi connectivity index (χ3n) is 3.34. The number of nitrogens with one attached hydrogen (secondary N) is 1. The number of hydrogen-bond donors (Lipinski definition) is 1. The van der Waals surface area contributed by atoms with Crippen molar-refractivity contribution in [1.82, 2.24) is 15.0 Å². The lowest BCUT2D eigenvalue weighted by atomic mass is 10.3. The maximum atomic E-state index is 6.19. The van der Waals surface area contributed by atoms with Gasteiger partial charge in [-0.2, -0.15) is 0 Å². The normalized spacial score (nSPS) is 14.6. The van der Waals surface area contributed by atoms with E-state index >= 15 is 0 Å². The second-order valence-corrected chi connectivity index (χ2v) is 6.48. The van der Waals surface area contributed by atoms with E-state index in [0.717, 1.165) is 40.9 Å². The second-order valence-electron chi connectivity index (χ2n) is 5.18. The number of halogens is 1. The predicted octanol–water partition coefficient (Wildman–Crippen LogP) is 3.74. The highest BCUT2D eigenvalue weighted by molar-refractivity contribution is 7.09. The summed E-state index contributed by atoms with van der Waals surface area (Å²) in [5, 5.41) is 7.16. The number of anilines is 1. The van der Waals surface area contributed by atoms with Gasteiger partial charge < -0.3 is 5.32 Å². The molecule has 2 aromatic rings. The van der Waals surface area contributed by atoms with E-state index in [1.54, 1.807) is 11.3 Å². The van der Waals surface area contributed by atoms with E-state index in [0.29, 0.717) is 11.1 Å². The Bertz CT molecular complexity index is 622. The molecule has 0 amide bonds. The topological polar surface area (TPSA) is 50.7 Å². The molecule has 1 N–H and O–H groups in total. The van der Waals surface area contributed by atoms with Gasteiger partial charge in [0.25, 0.3) is 0 Å². The second kappa shape index (κ2) is 5.66. The highest BCUT2D eigenvalue weighted by atomic mass is 35.5. The molecule has 0 aromatic carbocycles. The van der Waals surface area contributed by atoms with Crippen LogP contribution >= 0.6 is 22.9 Å². The molecule has 106 valence electrons. The van der Waals surface area contributed by atoms with Crippen LogP contribution in [0.25, 0.3) is 0 Å². The van der Waals surface area contributed by atoms with Crippen LogP contribution in [0.3, 0.4) is 0 Å². The Morgan fingerprint density at radius 3 is 2.75 bits per heavy atom. The Balaban J connectivity index is 1.67. The van der Waals surface area contributed by atoms with Crippen molar-refractivity contribution in [1.29, 1.82) is 0 Å². The van der Waals surface area contributed by atoms with Crippen molar-refractivity contribution in [3.8, 4) is 0 Å². The Morgan fingerprint density at radius 2 is 2.10 bits per heavy atom. The molecular weight excluding hydrogens is 292 g/mol. The molecule has 0 atom stereocenters. The monoisotopic (exact) mass is 308 g/mol. The van der Waals surface area contributed by atoms with E-state index in [9.17, 15) is 0 Å². The van der Waals surface area contributed by atoms with Crippen molar-refractivity contribution in [3.63, 3.8) is 0 Å². The highest BCUT2D eigenvalue weighted by Crippen LogP contribution is 2.39. The summed E-state index contributed by atoms with van der Waals surface area (Å²) in [6.07, 6.45) is 3.26. The molecule has 4 nitrogen and oxygen atoms in total. The first kappa shape index (κ1) is 13.8. The van der Waals surface area contributed by atoms with E-state index in [2.05, 4.69) is 25.6 Å². The molecule has 0 radical (unpaired) electrons. The molecule has 2 heterocycles. The lowest BCUT2D eigenvalue weighted by molar-refractivity contribution is 0.903. The molecule has 0 unspecified atom stereocenters. The van der Waals surface area contributed by atoms with Crippen LogP contribution in [0.2, 0.25) is 5.15 Å². The van der Waals surface area contributed by atoms with Gasteiger partial charge >= 0.3 is 0 Å². The van der Waals surface area contributed by atoms with Crippen LogP contribution in [0.1, 0.15) is 40.8 Å². The Morgan fingerprint density at radius 1 is 1.30 bits per heavy atom. The van der Waals surface area contributed by atoms with E-state index < -0.39 is 0 Å². The minimum Gasteiger partial charge on any atom is -0.369 e. The molecule has 0 spiro atoms. The molecule has 2 aromatic heterocycles. The van der Waals surface area contributed by atoms with Gasteiger partial charge in [-0.3, -0.25) is 0 Å². The van der Waals surface area contributed by atoms with E-state index in [4.69, 9.17) is 11.6 Å². The molecule has 6 heteroatoms. The lowest BCUT2D eigenvalue weighted by Crippen LogP contribution is -2.10. The van der Waals surface area contributed by atoms with Gasteiger partial charge in [0.15, 0.2) is 0 Å². The third kappa shape index (κ3) is 3.10. The summed E-state index contributed by atoms with van der Waals surface area (Å²) < 4.78 is 0. The zero-order valence-electron chi connectivity index (χ0n) is 11.6. The van der Waals surface area contributed by atoms with Crippen molar-refractivity contribution in [3.05, 3.63) is 32.6 Å². The zero-order chi connectivity index (χ0) is 14.1. The zero-order valence-corrected chi connectivity index (χ0v) is 13.2. The number of thiazole rings is 1. The molecule has 0 saturated heterocycles. The summed E-state index contributed by atoms with van der Waals surface area (Å²) in [5.74, 6) is 2.25. The molecule has 0 bridgehead atoms. The molecule has 1 saturated carbocycles. The molecule has 1 aliphatic carbocycles. The van der Waals surface area contributed by atoms with Crippen LogP contribution in [0.5, 0.6) is 0 Å².